The number of hydrogen-bond donors (Lipinski definition) is 1. The Bertz CT molecular complexity index is 729. The highest BCUT2D eigenvalue weighted by molar-refractivity contribution is 7.16. The lowest BCUT2D eigenvalue weighted by Gasteiger charge is -2.35. The smallest absolute Gasteiger partial charge is 0.416 e. The first-order valence-corrected chi connectivity index (χ1v) is 9.04. The highest BCUT2D eigenvalue weighted by atomic mass is 35.5. The summed E-state index contributed by atoms with van der Waals surface area (Å²) >= 11 is 7.54. The third kappa shape index (κ3) is 4.11. The van der Waals surface area contributed by atoms with E-state index < -0.39 is 11.7 Å². The molecule has 0 unspecified atom stereocenters. The van der Waals surface area contributed by atoms with E-state index in [9.17, 15) is 13.2 Å². The van der Waals surface area contributed by atoms with Crippen molar-refractivity contribution >= 4 is 22.9 Å². The third-order valence-corrected chi connectivity index (χ3v) is 5.52. The van der Waals surface area contributed by atoms with Gasteiger partial charge in [-0.2, -0.15) is 13.2 Å². The quantitative estimate of drug-likeness (QED) is 0.836. The van der Waals surface area contributed by atoms with E-state index in [1.807, 2.05) is 12.1 Å². The van der Waals surface area contributed by atoms with Gasteiger partial charge in [0, 0.05) is 36.6 Å². The molecule has 8 heteroatoms. The Morgan fingerprint density at radius 1 is 1.20 bits per heavy atom. The number of nitrogens with zero attached hydrogens (tertiary/aromatic N) is 1. The van der Waals surface area contributed by atoms with Crippen LogP contribution in [-0.2, 0) is 6.18 Å². The molecule has 1 aliphatic rings. The number of piperazine rings is 1. The van der Waals surface area contributed by atoms with E-state index in [-0.39, 0.29) is 11.8 Å². The fraction of sp³-hybridized carbons (Fsp3) is 0.412. The summed E-state index contributed by atoms with van der Waals surface area (Å²) in [7, 11) is 1.40. The second kappa shape index (κ2) is 7.53. The summed E-state index contributed by atoms with van der Waals surface area (Å²) in [6, 6.07) is 7.26. The van der Waals surface area contributed by atoms with Crippen molar-refractivity contribution in [2.75, 3.05) is 33.3 Å². The molecule has 2 aromatic rings. The SMILES string of the molecule is COc1cc(C(F)(F)F)ccc1[C@@H](c1ccc(Cl)s1)N1CCNCC1. The molecule has 0 amide bonds. The van der Waals surface area contributed by atoms with E-state index in [1.54, 1.807) is 0 Å². The molecule has 0 radical (unpaired) electrons. The number of benzene rings is 1. The normalized spacial score (nSPS) is 17.5. The van der Waals surface area contributed by atoms with Crippen molar-refractivity contribution in [1.29, 1.82) is 0 Å². The maximum atomic E-state index is 13.0. The van der Waals surface area contributed by atoms with E-state index in [1.165, 1.54) is 24.5 Å². The highest BCUT2D eigenvalue weighted by Gasteiger charge is 2.33. The highest BCUT2D eigenvalue weighted by Crippen LogP contribution is 2.41. The van der Waals surface area contributed by atoms with E-state index >= 15 is 0 Å². The third-order valence-electron chi connectivity index (χ3n) is 4.24. The Morgan fingerprint density at radius 2 is 1.92 bits per heavy atom. The van der Waals surface area contributed by atoms with Crippen molar-refractivity contribution < 1.29 is 17.9 Å². The van der Waals surface area contributed by atoms with Crippen LogP contribution in [0.4, 0.5) is 13.2 Å². The molecule has 0 bridgehead atoms. The molecule has 0 saturated carbocycles. The van der Waals surface area contributed by atoms with Gasteiger partial charge in [0.2, 0.25) is 0 Å². The summed E-state index contributed by atoms with van der Waals surface area (Å²) in [5, 5.41) is 3.29. The molecule has 1 N–H and O–H groups in total. The van der Waals surface area contributed by atoms with Crippen LogP contribution >= 0.6 is 22.9 Å². The molecule has 3 rings (SSSR count). The van der Waals surface area contributed by atoms with E-state index in [0.29, 0.717) is 4.34 Å². The number of rotatable bonds is 4. The number of halogens is 4. The molecule has 136 valence electrons. The molecule has 1 atom stereocenters. The molecule has 3 nitrogen and oxygen atoms in total. The van der Waals surface area contributed by atoms with Crippen molar-refractivity contribution in [1.82, 2.24) is 10.2 Å². The Hall–Kier alpha value is -1.28. The zero-order valence-electron chi connectivity index (χ0n) is 13.6. The van der Waals surface area contributed by atoms with Crippen LogP contribution in [0.15, 0.2) is 30.3 Å². The van der Waals surface area contributed by atoms with Crippen molar-refractivity contribution in [3.05, 3.63) is 50.7 Å². The molecule has 0 aliphatic carbocycles. The van der Waals surface area contributed by atoms with E-state index in [0.717, 1.165) is 48.8 Å². The Kier molecular flexibility index (Phi) is 5.58. The molecular weight excluding hydrogens is 373 g/mol. The van der Waals surface area contributed by atoms with Crippen LogP contribution in [-0.4, -0.2) is 38.2 Å². The average Bonchev–Trinajstić information content (AvgIpc) is 3.01. The van der Waals surface area contributed by atoms with E-state index in [4.69, 9.17) is 16.3 Å². The molecule has 0 spiro atoms. The van der Waals surface area contributed by atoms with Crippen molar-refractivity contribution in [3.8, 4) is 5.75 Å². The second-order valence-corrected chi connectivity index (χ2v) is 7.53. The van der Waals surface area contributed by atoms with Crippen molar-refractivity contribution in [2.24, 2.45) is 0 Å². The minimum absolute atomic E-state index is 0.183. The number of alkyl halides is 3. The van der Waals surface area contributed by atoms with Crippen LogP contribution < -0.4 is 10.1 Å². The first kappa shape index (κ1) is 18.5. The van der Waals surface area contributed by atoms with Crippen LogP contribution in [0.5, 0.6) is 5.75 Å². The van der Waals surface area contributed by atoms with Crippen LogP contribution in [0.1, 0.15) is 22.0 Å². The molecule has 25 heavy (non-hydrogen) atoms. The lowest BCUT2D eigenvalue weighted by Crippen LogP contribution is -2.45. The summed E-state index contributed by atoms with van der Waals surface area (Å²) in [6.45, 7) is 3.26. The standard InChI is InChI=1S/C17H18ClF3N2OS/c1-24-13-10-11(17(19,20)21)2-3-12(13)16(14-4-5-15(18)25-14)23-8-6-22-7-9-23/h2-5,10,16,22H,6-9H2,1H3/t16-/m0/s1. The molecule has 1 aliphatic heterocycles. The summed E-state index contributed by atoms with van der Waals surface area (Å²) in [6.07, 6.45) is -4.40. The minimum atomic E-state index is -4.40. The van der Waals surface area contributed by atoms with Gasteiger partial charge in [0.1, 0.15) is 5.75 Å². The fourth-order valence-electron chi connectivity index (χ4n) is 3.06. The van der Waals surface area contributed by atoms with Gasteiger partial charge in [0.25, 0.3) is 0 Å². The molecule has 1 fully saturated rings. The van der Waals surface area contributed by atoms with Crippen LogP contribution in [0.2, 0.25) is 4.34 Å². The number of nitrogens with one attached hydrogen (secondary N) is 1. The number of thiophene rings is 1. The van der Waals surface area contributed by atoms with Gasteiger partial charge in [-0.25, -0.2) is 0 Å². The Balaban J connectivity index is 2.06. The first-order chi connectivity index (χ1) is 11.9. The largest absolute Gasteiger partial charge is 0.496 e. The lowest BCUT2D eigenvalue weighted by atomic mass is 9.99. The predicted octanol–water partition coefficient (Wildman–Crippen LogP) is 4.42. The average molecular weight is 391 g/mol. The Morgan fingerprint density at radius 3 is 2.48 bits per heavy atom. The minimum Gasteiger partial charge on any atom is -0.496 e. The fourth-order valence-corrected chi connectivity index (χ4v) is 4.27. The van der Waals surface area contributed by atoms with Crippen LogP contribution in [0.25, 0.3) is 0 Å². The van der Waals surface area contributed by atoms with Crippen molar-refractivity contribution in [3.63, 3.8) is 0 Å². The maximum Gasteiger partial charge on any atom is 0.416 e. The van der Waals surface area contributed by atoms with Gasteiger partial charge in [-0.15, -0.1) is 11.3 Å². The number of ether oxygens (including phenoxy) is 1. The van der Waals surface area contributed by atoms with Gasteiger partial charge < -0.3 is 10.1 Å². The maximum absolute atomic E-state index is 13.0. The van der Waals surface area contributed by atoms with Crippen LogP contribution in [0, 0.1) is 0 Å². The molecular formula is C17H18ClF3N2OS. The number of hydrogen-bond acceptors (Lipinski definition) is 4. The summed E-state index contributed by atoms with van der Waals surface area (Å²) in [4.78, 5) is 3.23. The number of methoxy groups -OCH3 is 1. The summed E-state index contributed by atoms with van der Waals surface area (Å²) in [5.74, 6) is 0.239. The van der Waals surface area contributed by atoms with Crippen LogP contribution in [0.3, 0.4) is 0 Å². The van der Waals surface area contributed by atoms with Gasteiger partial charge in [-0.3, -0.25) is 4.90 Å². The topological polar surface area (TPSA) is 24.5 Å². The first-order valence-electron chi connectivity index (χ1n) is 7.85. The van der Waals surface area contributed by atoms with Gasteiger partial charge in [0.15, 0.2) is 0 Å². The predicted molar refractivity (Wildman–Crippen MR) is 93.6 cm³/mol. The molecule has 1 aromatic heterocycles. The zero-order chi connectivity index (χ0) is 18.0. The monoisotopic (exact) mass is 390 g/mol. The summed E-state index contributed by atoms with van der Waals surface area (Å²) < 4.78 is 45.0. The molecule has 1 saturated heterocycles. The van der Waals surface area contributed by atoms with Crippen molar-refractivity contribution in [2.45, 2.75) is 12.2 Å². The molecule has 1 aromatic carbocycles. The summed E-state index contributed by atoms with van der Waals surface area (Å²) in [5.41, 5.74) is 0.00675. The van der Waals surface area contributed by atoms with Gasteiger partial charge in [-0.1, -0.05) is 17.7 Å². The Labute approximate surface area is 153 Å². The van der Waals surface area contributed by atoms with E-state index in [2.05, 4.69) is 10.2 Å². The molecule has 2 heterocycles. The van der Waals surface area contributed by atoms with Gasteiger partial charge in [0.05, 0.1) is 23.1 Å². The lowest BCUT2D eigenvalue weighted by molar-refractivity contribution is -0.137. The van der Waals surface area contributed by atoms with Gasteiger partial charge in [-0.05, 0) is 24.3 Å². The van der Waals surface area contributed by atoms with Gasteiger partial charge >= 0.3 is 6.18 Å². The zero-order valence-corrected chi connectivity index (χ0v) is 15.1. The second-order valence-electron chi connectivity index (χ2n) is 5.78.